The maximum Gasteiger partial charge on any atom is 0.312 e. The first kappa shape index (κ1) is 24.6. The highest BCUT2D eigenvalue weighted by atomic mass is 16.5. The Morgan fingerprint density at radius 1 is 1.23 bits per heavy atom. The summed E-state index contributed by atoms with van der Waals surface area (Å²) in [5.74, 6) is -2.23. The standard InChI is InChI=1S/C23H36O7/c1-15(24)30-13-16(7-6-10-21(2,3)27)17-8-11-22(4)14-23(28,12-9-18(22)25)19(17)20(26)29-5/h6-7,10,17-19,25,27-28H,8-9,11-14H2,1-5H3/b10-6+,16-7-/t17-,18-,19+,22+,23-/m1/s1. The summed E-state index contributed by atoms with van der Waals surface area (Å²) in [6, 6.07) is 0. The average molecular weight is 425 g/mol. The fourth-order valence-corrected chi connectivity index (χ4v) is 4.97. The summed E-state index contributed by atoms with van der Waals surface area (Å²) in [6.07, 6.45) is 6.60. The zero-order chi connectivity index (χ0) is 22.7. The van der Waals surface area contributed by atoms with Gasteiger partial charge in [0.15, 0.2) is 0 Å². The summed E-state index contributed by atoms with van der Waals surface area (Å²) < 4.78 is 10.3. The van der Waals surface area contributed by atoms with Gasteiger partial charge >= 0.3 is 11.9 Å². The number of hydrogen-bond donors (Lipinski definition) is 3. The van der Waals surface area contributed by atoms with Crippen molar-refractivity contribution in [2.75, 3.05) is 13.7 Å². The largest absolute Gasteiger partial charge is 0.469 e. The maximum atomic E-state index is 12.9. The van der Waals surface area contributed by atoms with E-state index >= 15 is 0 Å². The number of esters is 2. The molecule has 0 radical (unpaired) electrons. The molecule has 0 aliphatic heterocycles. The number of aliphatic hydroxyl groups excluding tert-OH is 1. The summed E-state index contributed by atoms with van der Waals surface area (Å²) in [6.45, 7) is 6.51. The third kappa shape index (κ3) is 5.71. The number of carbonyl (C=O) groups excluding carboxylic acids is 2. The number of carbonyl (C=O) groups is 2. The molecule has 0 heterocycles. The summed E-state index contributed by atoms with van der Waals surface area (Å²) in [5.41, 5.74) is -2.19. The van der Waals surface area contributed by atoms with Gasteiger partial charge in [0.1, 0.15) is 6.61 Å². The molecular formula is C23H36O7. The first-order chi connectivity index (χ1) is 13.8. The Kier molecular flexibility index (Phi) is 7.54. The number of fused-ring (bicyclic) bond motifs is 2. The minimum atomic E-state index is -1.32. The SMILES string of the molecule is COC(=O)[C@@H]1[C@@H](/C(=C\C=C\C(C)(C)O)COC(C)=O)CC[C@@]2(C)C[C@]1(O)CC[C@H]2O. The molecule has 5 atom stereocenters. The van der Waals surface area contributed by atoms with Crippen molar-refractivity contribution in [2.24, 2.45) is 17.3 Å². The quantitative estimate of drug-likeness (QED) is 0.443. The molecule has 0 aromatic carbocycles. The van der Waals surface area contributed by atoms with Crippen LogP contribution in [-0.2, 0) is 19.1 Å². The van der Waals surface area contributed by atoms with Crippen molar-refractivity contribution in [1.82, 2.24) is 0 Å². The monoisotopic (exact) mass is 424 g/mol. The van der Waals surface area contributed by atoms with Crippen LogP contribution in [0.3, 0.4) is 0 Å². The van der Waals surface area contributed by atoms with Crippen molar-refractivity contribution in [3.05, 3.63) is 23.8 Å². The van der Waals surface area contributed by atoms with Crippen LogP contribution in [0, 0.1) is 17.3 Å². The van der Waals surface area contributed by atoms with E-state index < -0.39 is 46.5 Å². The van der Waals surface area contributed by atoms with Crippen molar-refractivity contribution in [2.45, 2.75) is 77.1 Å². The predicted octanol–water partition coefficient (Wildman–Crippen LogP) is 2.28. The third-order valence-electron chi connectivity index (χ3n) is 6.56. The van der Waals surface area contributed by atoms with E-state index in [2.05, 4.69) is 0 Å². The van der Waals surface area contributed by atoms with Gasteiger partial charge in [0.25, 0.3) is 0 Å². The molecule has 7 heteroatoms. The second kappa shape index (κ2) is 9.20. The number of methoxy groups -OCH3 is 1. The van der Waals surface area contributed by atoms with Crippen LogP contribution in [0.25, 0.3) is 0 Å². The van der Waals surface area contributed by atoms with Crippen LogP contribution in [0.4, 0.5) is 0 Å². The fourth-order valence-electron chi connectivity index (χ4n) is 4.97. The van der Waals surface area contributed by atoms with Crippen molar-refractivity contribution in [3.8, 4) is 0 Å². The minimum Gasteiger partial charge on any atom is -0.469 e. The second-order valence-corrected chi connectivity index (χ2v) is 9.67. The normalized spacial score (nSPS) is 35.1. The van der Waals surface area contributed by atoms with Crippen LogP contribution < -0.4 is 0 Å². The molecule has 2 aliphatic rings. The Labute approximate surface area is 178 Å². The van der Waals surface area contributed by atoms with E-state index in [0.29, 0.717) is 37.7 Å². The number of rotatable bonds is 6. The number of aliphatic hydroxyl groups is 3. The molecule has 2 fully saturated rings. The maximum absolute atomic E-state index is 12.9. The van der Waals surface area contributed by atoms with E-state index in [4.69, 9.17) is 9.47 Å². The molecule has 170 valence electrons. The average Bonchev–Trinajstić information content (AvgIpc) is 2.73. The van der Waals surface area contributed by atoms with Crippen molar-refractivity contribution in [3.63, 3.8) is 0 Å². The summed E-state index contributed by atoms with van der Waals surface area (Å²) >= 11 is 0. The van der Waals surface area contributed by atoms with Gasteiger partial charge in [-0.05, 0) is 62.9 Å². The fraction of sp³-hybridized carbons (Fsp3) is 0.739. The van der Waals surface area contributed by atoms with Gasteiger partial charge in [0, 0.05) is 6.92 Å². The van der Waals surface area contributed by atoms with Crippen LogP contribution in [0.1, 0.15) is 59.8 Å². The van der Waals surface area contributed by atoms with Gasteiger partial charge in [0.2, 0.25) is 0 Å². The molecule has 3 N–H and O–H groups in total. The lowest BCUT2D eigenvalue weighted by molar-refractivity contribution is -0.170. The lowest BCUT2D eigenvalue weighted by Gasteiger charge is -2.47. The number of hydrogen-bond acceptors (Lipinski definition) is 7. The van der Waals surface area contributed by atoms with E-state index in [9.17, 15) is 24.9 Å². The number of allylic oxidation sites excluding steroid dienone is 2. The Bertz CT molecular complexity index is 705. The van der Waals surface area contributed by atoms with E-state index in [1.807, 2.05) is 6.92 Å². The van der Waals surface area contributed by atoms with Gasteiger partial charge in [-0.25, -0.2) is 0 Å². The van der Waals surface area contributed by atoms with Crippen LogP contribution in [0.15, 0.2) is 23.8 Å². The van der Waals surface area contributed by atoms with Crippen LogP contribution in [0.2, 0.25) is 0 Å². The lowest BCUT2D eigenvalue weighted by Crippen LogP contribution is -2.53. The molecule has 0 saturated heterocycles. The molecule has 0 aromatic heterocycles. The molecular weight excluding hydrogens is 388 g/mol. The molecule has 0 aromatic rings. The van der Waals surface area contributed by atoms with Crippen LogP contribution >= 0.6 is 0 Å². The van der Waals surface area contributed by atoms with Gasteiger partial charge in [-0.15, -0.1) is 0 Å². The van der Waals surface area contributed by atoms with Gasteiger partial charge < -0.3 is 24.8 Å². The van der Waals surface area contributed by atoms with Crippen LogP contribution in [-0.4, -0.2) is 58.3 Å². The Morgan fingerprint density at radius 2 is 1.90 bits per heavy atom. The Hall–Kier alpha value is -1.70. The Balaban J connectivity index is 2.51. The second-order valence-electron chi connectivity index (χ2n) is 9.67. The highest BCUT2D eigenvalue weighted by molar-refractivity contribution is 5.75. The van der Waals surface area contributed by atoms with E-state index in [0.717, 1.165) is 0 Å². The lowest BCUT2D eigenvalue weighted by atomic mass is 9.63. The molecule has 2 saturated carbocycles. The van der Waals surface area contributed by atoms with Gasteiger partial charge in [-0.3, -0.25) is 9.59 Å². The highest BCUT2D eigenvalue weighted by Crippen LogP contribution is 2.54. The molecule has 30 heavy (non-hydrogen) atoms. The molecule has 7 nitrogen and oxygen atoms in total. The summed E-state index contributed by atoms with van der Waals surface area (Å²) in [4.78, 5) is 24.3. The van der Waals surface area contributed by atoms with Gasteiger partial charge in [-0.2, -0.15) is 0 Å². The van der Waals surface area contributed by atoms with Crippen molar-refractivity contribution < 1.29 is 34.4 Å². The zero-order valence-corrected chi connectivity index (χ0v) is 18.7. The summed E-state index contributed by atoms with van der Waals surface area (Å²) in [7, 11) is 1.30. The molecule has 2 aliphatic carbocycles. The molecule has 2 rings (SSSR count). The topological polar surface area (TPSA) is 113 Å². The van der Waals surface area contributed by atoms with E-state index in [-0.39, 0.29) is 6.61 Å². The first-order valence-electron chi connectivity index (χ1n) is 10.5. The molecule has 0 amide bonds. The highest BCUT2D eigenvalue weighted by Gasteiger charge is 2.57. The van der Waals surface area contributed by atoms with Crippen LogP contribution in [0.5, 0.6) is 0 Å². The van der Waals surface area contributed by atoms with Gasteiger partial charge in [0.05, 0.1) is 30.3 Å². The van der Waals surface area contributed by atoms with Gasteiger partial charge in [-0.1, -0.05) is 25.2 Å². The zero-order valence-electron chi connectivity index (χ0n) is 18.7. The molecule has 2 bridgehead atoms. The van der Waals surface area contributed by atoms with Crippen molar-refractivity contribution in [1.29, 1.82) is 0 Å². The van der Waals surface area contributed by atoms with E-state index in [1.165, 1.54) is 14.0 Å². The minimum absolute atomic E-state index is 0.0287. The van der Waals surface area contributed by atoms with Crippen molar-refractivity contribution >= 4 is 11.9 Å². The predicted molar refractivity (Wildman–Crippen MR) is 111 cm³/mol. The number of ether oxygens (including phenoxy) is 2. The van der Waals surface area contributed by atoms with E-state index in [1.54, 1.807) is 32.1 Å². The smallest absolute Gasteiger partial charge is 0.312 e. The Morgan fingerprint density at radius 3 is 2.47 bits per heavy atom. The molecule has 0 unspecified atom stereocenters. The third-order valence-corrected chi connectivity index (χ3v) is 6.56. The first-order valence-corrected chi connectivity index (χ1v) is 10.5. The molecule has 0 spiro atoms. The summed E-state index contributed by atoms with van der Waals surface area (Å²) in [5, 5.41) is 32.1.